The van der Waals surface area contributed by atoms with Gasteiger partial charge in [0, 0.05) is 36.7 Å². The van der Waals surface area contributed by atoms with Crippen LogP contribution in [0, 0.1) is 0 Å². The van der Waals surface area contributed by atoms with Crippen LogP contribution in [0.15, 0.2) is 30.3 Å². The van der Waals surface area contributed by atoms with E-state index in [9.17, 15) is 9.59 Å². The van der Waals surface area contributed by atoms with E-state index in [0.717, 1.165) is 38.0 Å². The molecule has 2 aromatic rings. The van der Waals surface area contributed by atoms with Crippen molar-refractivity contribution in [2.75, 3.05) is 36.4 Å². The molecule has 1 aliphatic carbocycles. The van der Waals surface area contributed by atoms with Gasteiger partial charge in [0.25, 0.3) is 0 Å². The largest absolute Gasteiger partial charge is 0.368 e. The molecule has 1 saturated heterocycles. The molecular formula is C21H27N5O2S. The van der Waals surface area contributed by atoms with Crippen LogP contribution in [-0.4, -0.2) is 54.0 Å². The Hall–Kier alpha value is -2.61. The molecule has 1 aromatic carbocycles. The van der Waals surface area contributed by atoms with Crippen LogP contribution in [0.25, 0.3) is 0 Å². The minimum absolute atomic E-state index is 0.196. The predicted molar refractivity (Wildman–Crippen MR) is 116 cm³/mol. The molecule has 0 radical (unpaired) electrons. The monoisotopic (exact) mass is 413 g/mol. The standard InChI is InChI=1S/C21H27N5O2S/c1-15(19(27)24-20-23-17-9-5-6-10-18(17)29-20)22-21(28)26-13-11-25(12-14-26)16-7-3-2-4-8-16/h2-4,7-8,15H,5-6,9-14H2,1H3,(H,22,28)(H,23,24,27). The summed E-state index contributed by atoms with van der Waals surface area (Å²) in [6, 6.07) is 9.40. The second kappa shape index (κ2) is 8.82. The van der Waals surface area contributed by atoms with E-state index in [1.54, 1.807) is 23.2 Å². The molecule has 7 nitrogen and oxygen atoms in total. The van der Waals surface area contributed by atoms with Gasteiger partial charge in [0.05, 0.1) is 5.69 Å². The van der Waals surface area contributed by atoms with Crippen LogP contribution in [0.4, 0.5) is 15.6 Å². The third-order valence-corrected chi connectivity index (χ3v) is 6.57. The first-order chi connectivity index (χ1) is 14.1. The highest BCUT2D eigenvalue weighted by Gasteiger charge is 2.25. The fraction of sp³-hybridized carbons (Fsp3) is 0.476. The zero-order valence-corrected chi connectivity index (χ0v) is 17.5. The van der Waals surface area contributed by atoms with Crippen molar-refractivity contribution in [1.29, 1.82) is 0 Å². The molecule has 1 aromatic heterocycles. The smallest absolute Gasteiger partial charge is 0.318 e. The number of urea groups is 1. The second-order valence-corrected chi connectivity index (χ2v) is 8.65. The Balaban J connectivity index is 1.26. The van der Waals surface area contributed by atoms with E-state index >= 15 is 0 Å². The third kappa shape index (κ3) is 4.70. The van der Waals surface area contributed by atoms with E-state index in [1.165, 1.54) is 17.0 Å². The highest BCUT2D eigenvalue weighted by atomic mass is 32.1. The van der Waals surface area contributed by atoms with Crippen LogP contribution in [0.2, 0.25) is 0 Å². The van der Waals surface area contributed by atoms with Crippen LogP contribution >= 0.6 is 11.3 Å². The number of anilines is 2. The van der Waals surface area contributed by atoms with Gasteiger partial charge in [-0.25, -0.2) is 9.78 Å². The summed E-state index contributed by atoms with van der Waals surface area (Å²) in [5.41, 5.74) is 2.29. The van der Waals surface area contributed by atoms with Gasteiger partial charge in [-0.2, -0.15) is 0 Å². The molecule has 0 bridgehead atoms. The first-order valence-corrected chi connectivity index (χ1v) is 11.1. The first kappa shape index (κ1) is 19.7. The maximum atomic E-state index is 12.6. The van der Waals surface area contributed by atoms with Crippen molar-refractivity contribution in [3.8, 4) is 0 Å². The normalized spacial score (nSPS) is 17.4. The molecule has 1 unspecified atom stereocenters. The molecule has 2 heterocycles. The number of aryl methyl sites for hydroxylation is 2. The number of amides is 3. The third-order valence-electron chi connectivity index (χ3n) is 5.50. The molecule has 1 fully saturated rings. The number of para-hydroxylation sites is 1. The van der Waals surface area contributed by atoms with Crippen LogP contribution in [-0.2, 0) is 17.6 Å². The zero-order valence-electron chi connectivity index (χ0n) is 16.7. The van der Waals surface area contributed by atoms with E-state index in [-0.39, 0.29) is 11.9 Å². The number of rotatable bonds is 4. The lowest BCUT2D eigenvalue weighted by Gasteiger charge is -2.36. The average Bonchev–Trinajstić information content (AvgIpc) is 3.16. The Morgan fingerprint density at radius 3 is 2.52 bits per heavy atom. The number of carbonyl (C=O) groups is 2. The topological polar surface area (TPSA) is 77.6 Å². The molecule has 2 N–H and O–H groups in total. The fourth-order valence-corrected chi connectivity index (χ4v) is 4.82. The van der Waals surface area contributed by atoms with E-state index in [2.05, 4.69) is 32.7 Å². The second-order valence-electron chi connectivity index (χ2n) is 7.57. The number of piperazine rings is 1. The van der Waals surface area contributed by atoms with Crippen LogP contribution < -0.4 is 15.5 Å². The minimum atomic E-state index is -0.615. The number of carbonyl (C=O) groups excluding carboxylic acids is 2. The SMILES string of the molecule is CC(NC(=O)N1CCN(c2ccccc2)CC1)C(=O)Nc1nc2c(s1)CCCC2. The summed E-state index contributed by atoms with van der Waals surface area (Å²) in [6.45, 7) is 4.54. The highest BCUT2D eigenvalue weighted by molar-refractivity contribution is 7.15. The van der Waals surface area contributed by atoms with Gasteiger partial charge in [0.15, 0.2) is 5.13 Å². The van der Waals surface area contributed by atoms with Crippen molar-refractivity contribution < 1.29 is 9.59 Å². The van der Waals surface area contributed by atoms with Crippen molar-refractivity contribution in [3.05, 3.63) is 40.9 Å². The molecule has 8 heteroatoms. The number of nitrogens with one attached hydrogen (secondary N) is 2. The molecular weight excluding hydrogens is 386 g/mol. The van der Waals surface area contributed by atoms with Crippen molar-refractivity contribution >= 4 is 34.1 Å². The summed E-state index contributed by atoms with van der Waals surface area (Å²) in [7, 11) is 0. The van der Waals surface area contributed by atoms with E-state index in [4.69, 9.17) is 0 Å². The summed E-state index contributed by atoms with van der Waals surface area (Å²) in [5, 5.41) is 6.32. The number of hydrogen-bond acceptors (Lipinski definition) is 5. The summed E-state index contributed by atoms with van der Waals surface area (Å²) in [5.74, 6) is -0.229. The molecule has 154 valence electrons. The first-order valence-electron chi connectivity index (χ1n) is 10.2. The van der Waals surface area contributed by atoms with Gasteiger partial charge in [-0.3, -0.25) is 4.79 Å². The van der Waals surface area contributed by atoms with Crippen molar-refractivity contribution in [2.45, 2.75) is 38.6 Å². The van der Waals surface area contributed by atoms with Gasteiger partial charge >= 0.3 is 6.03 Å². The predicted octanol–water partition coefficient (Wildman–Crippen LogP) is 2.88. The van der Waals surface area contributed by atoms with Crippen LogP contribution in [0.5, 0.6) is 0 Å². The molecule has 2 aliphatic rings. The van der Waals surface area contributed by atoms with E-state index < -0.39 is 6.04 Å². The Kier molecular flexibility index (Phi) is 5.99. The van der Waals surface area contributed by atoms with E-state index in [0.29, 0.717) is 18.2 Å². The lowest BCUT2D eigenvalue weighted by molar-refractivity contribution is -0.117. The molecule has 0 spiro atoms. The Morgan fingerprint density at radius 1 is 1.07 bits per heavy atom. The maximum absolute atomic E-state index is 12.6. The van der Waals surface area contributed by atoms with Gasteiger partial charge in [-0.05, 0) is 44.7 Å². The average molecular weight is 414 g/mol. The van der Waals surface area contributed by atoms with Crippen LogP contribution in [0.3, 0.4) is 0 Å². The van der Waals surface area contributed by atoms with Gasteiger partial charge in [0.1, 0.15) is 6.04 Å². The Morgan fingerprint density at radius 2 is 1.79 bits per heavy atom. The summed E-state index contributed by atoms with van der Waals surface area (Å²) in [6.07, 6.45) is 4.38. The molecule has 3 amide bonds. The molecule has 0 saturated carbocycles. The van der Waals surface area contributed by atoms with Crippen LogP contribution in [0.1, 0.15) is 30.3 Å². The molecule has 1 aliphatic heterocycles. The highest BCUT2D eigenvalue weighted by Crippen LogP contribution is 2.29. The molecule has 1 atom stereocenters. The number of hydrogen-bond donors (Lipinski definition) is 2. The van der Waals surface area contributed by atoms with Gasteiger partial charge in [-0.1, -0.05) is 18.2 Å². The van der Waals surface area contributed by atoms with Crippen molar-refractivity contribution in [2.24, 2.45) is 0 Å². The Bertz CT molecular complexity index is 838. The number of benzene rings is 1. The lowest BCUT2D eigenvalue weighted by Crippen LogP contribution is -2.54. The van der Waals surface area contributed by atoms with Crippen molar-refractivity contribution in [3.63, 3.8) is 0 Å². The van der Waals surface area contributed by atoms with Crippen molar-refractivity contribution in [1.82, 2.24) is 15.2 Å². The number of nitrogens with zero attached hydrogens (tertiary/aromatic N) is 3. The van der Waals surface area contributed by atoms with Gasteiger partial charge < -0.3 is 20.4 Å². The summed E-state index contributed by atoms with van der Waals surface area (Å²) in [4.78, 5) is 34.9. The maximum Gasteiger partial charge on any atom is 0.318 e. The van der Waals surface area contributed by atoms with Gasteiger partial charge in [-0.15, -0.1) is 11.3 Å². The summed E-state index contributed by atoms with van der Waals surface area (Å²) >= 11 is 1.55. The summed E-state index contributed by atoms with van der Waals surface area (Å²) < 4.78 is 0. The zero-order chi connectivity index (χ0) is 20.2. The fourth-order valence-electron chi connectivity index (χ4n) is 3.77. The van der Waals surface area contributed by atoms with Gasteiger partial charge in [0.2, 0.25) is 5.91 Å². The lowest BCUT2D eigenvalue weighted by atomic mass is 10.0. The number of thiazole rings is 1. The number of fused-ring (bicyclic) bond motifs is 1. The molecule has 4 rings (SSSR count). The quantitative estimate of drug-likeness (QED) is 0.808. The minimum Gasteiger partial charge on any atom is -0.368 e. The molecule has 29 heavy (non-hydrogen) atoms. The van der Waals surface area contributed by atoms with E-state index in [1.807, 2.05) is 18.2 Å². The number of aromatic nitrogens is 1. The Labute approximate surface area is 175 Å².